The minimum absolute atomic E-state index is 0.0296. The van der Waals surface area contributed by atoms with Crippen molar-refractivity contribution in [1.82, 2.24) is 4.90 Å². The summed E-state index contributed by atoms with van der Waals surface area (Å²) in [7, 11) is 0. The van der Waals surface area contributed by atoms with Crippen LogP contribution in [0.3, 0.4) is 0 Å². The van der Waals surface area contributed by atoms with Gasteiger partial charge in [-0.1, -0.05) is 19.1 Å². The van der Waals surface area contributed by atoms with Crippen molar-refractivity contribution in [2.45, 2.75) is 81.8 Å². The summed E-state index contributed by atoms with van der Waals surface area (Å²) in [4.78, 5) is 27.9. The molecule has 2 heterocycles. The van der Waals surface area contributed by atoms with E-state index in [0.29, 0.717) is 31.7 Å². The van der Waals surface area contributed by atoms with Crippen LogP contribution in [0.25, 0.3) is 0 Å². The van der Waals surface area contributed by atoms with Crippen LogP contribution in [-0.4, -0.2) is 40.0 Å². The molecule has 150 valence electrons. The second-order valence-electron chi connectivity index (χ2n) is 9.54. The van der Waals surface area contributed by atoms with Gasteiger partial charge in [-0.15, -0.1) is 0 Å². The summed E-state index contributed by atoms with van der Waals surface area (Å²) >= 11 is 0. The average molecular weight is 383 g/mol. The molecule has 4 atom stereocenters. The molecular weight excluding hydrogens is 352 g/mol. The minimum Gasteiger partial charge on any atom is -0.390 e. The summed E-state index contributed by atoms with van der Waals surface area (Å²) in [6.07, 6.45) is 7.03. The second-order valence-corrected chi connectivity index (χ2v) is 9.54. The van der Waals surface area contributed by atoms with Gasteiger partial charge in [0, 0.05) is 24.7 Å². The number of carbonyl (C=O) groups is 2. The molecule has 5 rings (SSSR count). The lowest BCUT2D eigenvalue weighted by molar-refractivity contribution is -0.145. The van der Waals surface area contributed by atoms with Gasteiger partial charge in [0.2, 0.25) is 11.8 Å². The van der Waals surface area contributed by atoms with Gasteiger partial charge < -0.3 is 15.3 Å². The summed E-state index contributed by atoms with van der Waals surface area (Å²) in [6, 6.07) is 6.34. The van der Waals surface area contributed by atoms with E-state index in [-0.39, 0.29) is 29.7 Å². The maximum atomic E-state index is 13.1. The summed E-state index contributed by atoms with van der Waals surface area (Å²) in [6.45, 7) is 2.69. The number of carbonyl (C=O) groups excluding carboxylic acids is 2. The number of benzene rings is 1. The summed E-state index contributed by atoms with van der Waals surface area (Å²) < 4.78 is 0. The van der Waals surface area contributed by atoms with Gasteiger partial charge in [-0.05, 0) is 74.0 Å². The van der Waals surface area contributed by atoms with Crippen molar-refractivity contribution < 1.29 is 14.7 Å². The molecule has 3 fully saturated rings. The number of aliphatic hydroxyl groups is 1. The first kappa shape index (κ1) is 18.2. The topological polar surface area (TPSA) is 69.6 Å². The fourth-order valence-corrected chi connectivity index (χ4v) is 5.83. The van der Waals surface area contributed by atoms with Crippen LogP contribution in [-0.2, 0) is 9.59 Å². The van der Waals surface area contributed by atoms with Crippen LogP contribution in [0.4, 0.5) is 5.69 Å². The van der Waals surface area contributed by atoms with Crippen LogP contribution in [0.5, 0.6) is 0 Å². The lowest BCUT2D eigenvalue weighted by Gasteiger charge is -2.48. The Morgan fingerprint density at radius 1 is 1.32 bits per heavy atom. The van der Waals surface area contributed by atoms with Crippen molar-refractivity contribution in [2.75, 3.05) is 11.9 Å². The number of amides is 2. The molecule has 0 radical (unpaired) electrons. The fraction of sp³-hybridized carbons (Fsp3) is 0.652. The molecule has 1 aromatic carbocycles. The highest BCUT2D eigenvalue weighted by molar-refractivity contribution is 6.04. The Morgan fingerprint density at radius 3 is 2.93 bits per heavy atom. The zero-order valence-corrected chi connectivity index (χ0v) is 16.6. The van der Waals surface area contributed by atoms with E-state index in [1.165, 1.54) is 18.4 Å². The first-order valence-corrected chi connectivity index (χ1v) is 10.9. The molecule has 0 aromatic heterocycles. The number of piperidine rings is 1. The van der Waals surface area contributed by atoms with Gasteiger partial charge in [-0.25, -0.2) is 0 Å². The molecular formula is C23H30N2O3. The molecule has 5 nitrogen and oxygen atoms in total. The third-order valence-corrected chi connectivity index (χ3v) is 7.45. The number of hydrogen-bond acceptors (Lipinski definition) is 3. The molecule has 4 unspecified atom stereocenters. The second kappa shape index (κ2) is 6.58. The van der Waals surface area contributed by atoms with Crippen molar-refractivity contribution in [1.29, 1.82) is 0 Å². The summed E-state index contributed by atoms with van der Waals surface area (Å²) in [5.41, 5.74) is 2.82. The maximum absolute atomic E-state index is 13.1. The molecule has 2 bridgehead atoms. The Bertz CT molecular complexity index is 818. The molecule has 2 N–H and O–H groups in total. The summed E-state index contributed by atoms with van der Waals surface area (Å²) in [5, 5.41) is 13.6. The number of likely N-dealkylation sites (tertiary alicyclic amines) is 1. The normalized spacial score (nSPS) is 32.6. The van der Waals surface area contributed by atoms with Crippen molar-refractivity contribution in [3.8, 4) is 0 Å². The predicted octanol–water partition coefficient (Wildman–Crippen LogP) is 3.53. The van der Waals surface area contributed by atoms with Crippen LogP contribution in [0.15, 0.2) is 18.2 Å². The lowest BCUT2D eigenvalue weighted by Crippen LogP contribution is -2.55. The highest BCUT2D eigenvalue weighted by Gasteiger charge is 2.44. The maximum Gasteiger partial charge on any atom is 0.232 e. The molecule has 1 saturated heterocycles. The largest absolute Gasteiger partial charge is 0.390 e. The molecule has 2 saturated carbocycles. The monoisotopic (exact) mass is 382 g/mol. The Balaban J connectivity index is 1.33. The number of hydrogen-bond donors (Lipinski definition) is 2. The van der Waals surface area contributed by atoms with Crippen LogP contribution in [0, 0.1) is 5.92 Å². The van der Waals surface area contributed by atoms with E-state index in [9.17, 15) is 14.7 Å². The zero-order valence-electron chi connectivity index (χ0n) is 16.6. The van der Waals surface area contributed by atoms with Crippen molar-refractivity contribution in [3.05, 3.63) is 29.3 Å². The van der Waals surface area contributed by atoms with Crippen molar-refractivity contribution in [3.63, 3.8) is 0 Å². The van der Waals surface area contributed by atoms with E-state index in [2.05, 4.69) is 11.4 Å². The van der Waals surface area contributed by atoms with Gasteiger partial charge in [0.15, 0.2) is 0 Å². The SMILES string of the molecule is CC(CC(=O)N1CCC2(O)CCCC1C2)C1C(=O)Nc2cccc(C3CC3)c21. The van der Waals surface area contributed by atoms with Crippen molar-refractivity contribution in [2.24, 2.45) is 5.92 Å². The molecule has 5 heteroatoms. The predicted molar refractivity (Wildman–Crippen MR) is 107 cm³/mol. The number of nitrogens with one attached hydrogen (secondary N) is 1. The molecule has 2 aliphatic heterocycles. The molecule has 2 amide bonds. The quantitative estimate of drug-likeness (QED) is 0.837. The minimum atomic E-state index is -0.561. The molecule has 0 spiro atoms. The summed E-state index contributed by atoms with van der Waals surface area (Å²) in [5.74, 6) is 0.498. The Kier molecular flexibility index (Phi) is 4.27. The lowest BCUT2D eigenvalue weighted by atomic mass is 9.75. The average Bonchev–Trinajstić information content (AvgIpc) is 3.42. The Labute approximate surface area is 166 Å². The molecule has 2 aliphatic carbocycles. The van der Waals surface area contributed by atoms with E-state index < -0.39 is 5.60 Å². The fourth-order valence-electron chi connectivity index (χ4n) is 5.83. The van der Waals surface area contributed by atoms with Gasteiger partial charge in [-0.2, -0.15) is 0 Å². The van der Waals surface area contributed by atoms with Crippen LogP contribution < -0.4 is 5.32 Å². The third-order valence-electron chi connectivity index (χ3n) is 7.45. The highest BCUT2D eigenvalue weighted by Crippen LogP contribution is 2.49. The zero-order chi connectivity index (χ0) is 19.5. The van der Waals surface area contributed by atoms with E-state index in [0.717, 1.165) is 30.5 Å². The first-order chi connectivity index (χ1) is 13.5. The van der Waals surface area contributed by atoms with E-state index in [1.807, 2.05) is 24.0 Å². The number of nitrogens with zero attached hydrogens (tertiary/aromatic N) is 1. The number of anilines is 1. The van der Waals surface area contributed by atoms with E-state index in [1.54, 1.807) is 0 Å². The third kappa shape index (κ3) is 3.04. The van der Waals surface area contributed by atoms with E-state index in [4.69, 9.17) is 0 Å². The number of rotatable bonds is 4. The van der Waals surface area contributed by atoms with Gasteiger partial charge >= 0.3 is 0 Å². The smallest absolute Gasteiger partial charge is 0.232 e. The first-order valence-electron chi connectivity index (χ1n) is 10.9. The van der Waals surface area contributed by atoms with Gasteiger partial charge in [0.25, 0.3) is 0 Å². The standard InChI is InChI=1S/C23H30N2O3/c1-14(12-19(26)25-11-10-23(28)9-3-4-16(25)13-23)20-21-17(15-7-8-15)5-2-6-18(21)24-22(20)27/h2,5-6,14-16,20,28H,3-4,7-13H2,1H3,(H,24,27). The highest BCUT2D eigenvalue weighted by atomic mass is 16.3. The van der Waals surface area contributed by atoms with Gasteiger partial charge in [0.05, 0.1) is 11.5 Å². The van der Waals surface area contributed by atoms with Crippen LogP contribution in [0.2, 0.25) is 0 Å². The van der Waals surface area contributed by atoms with E-state index >= 15 is 0 Å². The Morgan fingerprint density at radius 2 is 2.14 bits per heavy atom. The Hall–Kier alpha value is -1.88. The van der Waals surface area contributed by atoms with Crippen molar-refractivity contribution >= 4 is 17.5 Å². The molecule has 28 heavy (non-hydrogen) atoms. The van der Waals surface area contributed by atoms with Crippen LogP contribution >= 0.6 is 0 Å². The van der Waals surface area contributed by atoms with Gasteiger partial charge in [0.1, 0.15) is 0 Å². The molecule has 4 aliphatic rings. The van der Waals surface area contributed by atoms with Gasteiger partial charge in [-0.3, -0.25) is 9.59 Å². The molecule has 1 aromatic rings. The van der Waals surface area contributed by atoms with Crippen LogP contribution in [0.1, 0.15) is 81.3 Å². The number of fused-ring (bicyclic) bond motifs is 3.